The first-order valence-corrected chi connectivity index (χ1v) is 8.66. The number of hydrogen-bond donors (Lipinski definition) is 1. The van der Waals surface area contributed by atoms with Crippen molar-refractivity contribution in [1.29, 1.82) is 0 Å². The average Bonchev–Trinajstić information content (AvgIpc) is 2.62. The number of hydrogen-bond acceptors (Lipinski definition) is 2. The molecule has 0 amide bonds. The molecule has 27 heavy (non-hydrogen) atoms. The zero-order valence-corrected chi connectivity index (χ0v) is 14.4. The molecule has 144 valence electrons. The van der Waals surface area contributed by atoms with E-state index in [2.05, 4.69) is 0 Å². The maximum atomic E-state index is 13.8. The highest BCUT2D eigenvalue weighted by atomic mass is 19.4. The lowest BCUT2D eigenvalue weighted by molar-refractivity contribution is -0.144. The van der Waals surface area contributed by atoms with E-state index in [0.717, 1.165) is 6.07 Å². The first-order valence-electron chi connectivity index (χ1n) is 8.66. The molecule has 0 saturated carbocycles. The van der Waals surface area contributed by atoms with Crippen LogP contribution in [0.1, 0.15) is 35.6 Å². The SMILES string of the molecule is O=C(O)C1CCCN(C(c2cccc(F)c2)c2ccccc2C(F)(F)F)C1. The molecule has 2 unspecified atom stereocenters. The van der Waals surface area contributed by atoms with Crippen molar-refractivity contribution in [3.63, 3.8) is 0 Å². The van der Waals surface area contributed by atoms with Crippen molar-refractivity contribution in [3.8, 4) is 0 Å². The summed E-state index contributed by atoms with van der Waals surface area (Å²) in [4.78, 5) is 13.1. The predicted octanol–water partition coefficient (Wildman–Crippen LogP) is 4.73. The Bertz CT molecular complexity index is 822. The van der Waals surface area contributed by atoms with Crippen LogP contribution in [0.2, 0.25) is 0 Å². The largest absolute Gasteiger partial charge is 0.481 e. The van der Waals surface area contributed by atoms with Gasteiger partial charge in [-0.2, -0.15) is 13.2 Å². The highest BCUT2D eigenvalue weighted by Gasteiger charge is 2.38. The van der Waals surface area contributed by atoms with Crippen LogP contribution in [0, 0.1) is 11.7 Å². The summed E-state index contributed by atoms with van der Waals surface area (Å²) in [5.74, 6) is -2.18. The lowest BCUT2D eigenvalue weighted by atomic mass is 9.89. The van der Waals surface area contributed by atoms with Crippen molar-refractivity contribution in [2.75, 3.05) is 13.1 Å². The topological polar surface area (TPSA) is 40.5 Å². The Kier molecular flexibility index (Phi) is 5.51. The molecule has 1 N–H and O–H groups in total. The van der Waals surface area contributed by atoms with Crippen LogP contribution in [0.3, 0.4) is 0 Å². The van der Waals surface area contributed by atoms with Gasteiger partial charge in [-0.1, -0.05) is 30.3 Å². The minimum absolute atomic E-state index is 0.00152. The van der Waals surface area contributed by atoms with Crippen LogP contribution >= 0.6 is 0 Å². The Balaban J connectivity index is 2.11. The fraction of sp³-hybridized carbons (Fsp3) is 0.350. The van der Waals surface area contributed by atoms with Crippen LogP contribution in [0.5, 0.6) is 0 Å². The molecular weight excluding hydrogens is 362 g/mol. The van der Waals surface area contributed by atoms with Gasteiger partial charge in [-0.25, -0.2) is 4.39 Å². The Hall–Kier alpha value is -2.41. The molecule has 1 fully saturated rings. The van der Waals surface area contributed by atoms with Gasteiger partial charge in [0.2, 0.25) is 0 Å². The van der Waals surface area contributed by atoms with E-state index in [-0.39, 0.29) is 12.1 Å². The number of benzene rings is 2. The number of nitrogens with zero attached hydrogens (tertiary/aromatic N) is 1. The van der Waals surface area contributed by atoms with Crippen molar-refractivity contribution < 1.29 is 27.5 Å². The molecule has 1 saturated heterocycles. The Morgan fingerprint density at radius 2 is 1.89 bits per heavy atom. The summed E-state index contributed by atoms with van der Waals surface area (Å²) in [5.41, 5.74) is -0.420. The van der Waals surface area contributed by atoms with E-state index in [1.54, 1.807) is 11.0 Å². The molecule has 0 aromatic heterocycles. The average molecular weight is 381 g/mol. The summed E-state index contributed by atoms with van der Waals surface area (Å²) >= 11 is 0. The van der Waals surface area contributed by atoms with Gasteiger partial charge >= 0.3 is 12.1 Å². The summed E-state index contributed by atoms with van der Waals surface area (Å²) in [6.07, 6.45) is -3.54. The van der Waals surface area contributed by atoms with Crippen molar-refractivity contribution in [1.82, 2.24) is 4.90 Å². The number of carboxylic acids is 1. The van der Waals surface area contributed by atoms with Gasteiger partial charge in [0.1, 0.15) is 5.82 Å². The number of halogens is 4. The molecular formula is C20H19F4NO2. The molecule has 2 aromatic rings. The summed E-state index contributed by atoms with van der Waals surface area (Å²) in [5, 5.41) is 9.34. The summed E-state index contributed by atoms with van der Waals surface area (Å²) < 4.78 is 54.6. The molecule has 2 aromatic carbocycles. The fourth-order valence-corrected chi connectivity index (χ4v) is 3.70. The van der Waals surface area contributed by atoms with Gasteiger partial charge in [-0.15, -0.1) is 0 Å². The van der Waals surface area contributed by atoms with E-state index < -0.39 is 35.5 Å². The molecule has 1 aliphatic heterocycles. The number of rotatable bonds is 4. The number of piperidine rings is 1. The maximum Gasteiger partial charge on any atom is 0.416 e. The standard InChI is InChI=1S/C20H19F4NO2/c21-15-7-3-5-13(11-15)18(25-10-4-6-14(12-25)19(26)27)16-8-1-2-9-17(16)20(22,23)24/h1-3,5,7-9,11,14,18H,4,6,10,12H2,(H,26,27). The molecule has 0 radical (unpaired) electrons. The first kappa shape index (κ1) is 19.4. The Morgan fingerprint density at radius 1 is 1.15 bits per heavy atom. The predicted molar refractivity (Wildman–Crippen MR) is 91.6 cm³/mol. The quantitative estimate of drug-likeness (QED) is 0.779. The molecule has 3 nitrogen and oxygen atoms in total. The van der Waals surface area contributed by atoms with Gasteiger partial charge in [-0.3, -0.25) is 9.69 Å². The summed E-state index contributed by atoms with van der Waals surface area (Å²) in [6, 6.07) is 9.79. The summed E-state index contributed by atoms with van der Waals surface area (Å²) in [7, 11) is 0. The van der Waals surface area contributed by atoms with Crippen LogP contribution in [-0.4, -0.2) is 29.1 Å². The van der Waals surface area contributed by atoms with Crippen LogP contribution in [0.15, 0.2) is 48.5 Å². The van der Waals surface area contributed by atoms with E-state index in [1.165, 1.54) is 36.4 Å². The van der Waals surface area contributed by atoms with Crippen molar-refractivity contribution >= 4 is 5.97 Å². The van der Waals surface area contributed by atoms with Gasteiger partial charge in [0.15, 0.2) is 0 Å². The highest BCUT2D eigenvalue weighted by molar-refractivity contribution is 5.70. The highest BCUT2D eigenvalue weighted by Crippen LogP contribution is 2.40. The number of aliphatic carboxylic acids is 1. The number of likely N-dealkylation sites (tertiary alicyclic amines) is 1. The zero-order chi connectivity index (χ0) is 19.6. The van der Waals surface area contributed by atoms with E-state index in [1.807, 2.05) is 0 Å². The van der Waals surface area contributed by atoms with Gasteiger partial charge < -0.3 is 5.11 Å². The van der Waals surface area contributed by atoms with Crippen molar-refractivity contribution in [3.05, 3.63) is 71.0 Å². The molecule has 3 rings (SSSR count). The summed E-state index contributed by atoms with van der Waals surface area (Å²) in [6.45, 7) is 0.555. The van der Waals surface area contributed by atoms with Crippen LogP contribution in [-0.2, 0) is 11.0 Å². The minimum atomic E-state index is -4.57. The lowest BCUT2D eigenvalue weighted by Gasteiger charge is -2.38. The first-order chi connectivity index (χ1) is 12.8. The van der Waals surface area contributed by atoms with Crippen LogP contribution in [0.4, 0.5) is 17.6 Å². The molecule has 2 atom stereocenters. The monoisotopic (exact) mass is 381 g/mol. The van der Waals surface area contributed by atoms with Crippen LogP contribution in [0.25, 0.3) is 0 Å². The second kappa shape index (κ2) is 7.68. The number of carbonyl (C=O) groups is 1. The normalized spacial score (nSPS) is 19.6. The molecule has 0 aliphatic carbocycles. The smallest absolute Gasteiger partial charge is 0.416 e. The van der Waals surface area contributed by atoms with Gasteiger partial charge in [0.25, 0.3) is 0 Å². The van der Waals surface area contributed by atoms with Crippen molar-refractivity contribution in [2.45, 2.75) is 25.1 Å². The van der Waals surface area contributed by atoms with Crippen molar-refractivity contribution in [2.24, 2.45) is 5.92 Å². The second-order valence-electron chi connectivity index (χ2n) is 6.71. The molecule has 7 heteroatoms. The Labute approximate surface area is 154 Å². The number of alkyl halides is 3. The minimum Gasteiger partial charge on any atom is -0.481 e. The third kappa shape index (κ3) is 4.30. The van der Waals surface area contributed by atoms with E-state index in [9.17, 15) is 27.5 Å². The molecule has 0 spiro atoms. The van der Waals surface area contributed by atoms with E-state index >= 15 is 0 Å². The van der Waals surface area contributed by atoms with E-state index in [4.69, 9.17) is 0 Å². The number of carboxylic acid groups (broad SMARTS) is 1. The molecule has 0 bridgehead atoms. The second-order valence-corrected chi connectivity index (χ2v) is 6.71. The Morgan fingerprint density at radius 3 is 2.56 bits per heavy atom. The van der Waals surface area contributed by atoms with Crippen LogP contribution < -0.4 is 0 Å². The zero-order valence-electron chi connectivity index (χ0n) is 14.4. The fourth-order valence-electron chi connectivity index (χ4n) is 3.70. The van der Waals surface area contributed by atoms with Gasteiger partial charge in [0.05, 0.1) is 17.5 Å². The van der Waals surface area contributed by atoms with Gasteiger partial charge in [0, 0.05) is 6.54 Å². The van der Waals surface area contributed by atoms with Gasteiger partial charge in [-0.05, 0) is 48.7 Å². The molecule has 1 heterocycles. The molecule has 1 aliphatic rings. The van der Waals surface area contributed by atoms with E-state index in [0.29, 0.717) is 24.9 Å². The third-order valence-corrected chi connectivity index (χ3v) is 4.89. The third-order valence-electron chi connectivity index (χ3n) is 4.89. The lowest BCUT2D eigenvalue weighted by Crippen LogP contribution is -2.41. The maximum absolute atomic E-state index is 13.8.